The average Bonchev–Trinajstić information content (AvgIpc) is 2.98. The number of ether oxygens (including phenoxy) is 2. The van der Waals surface area contributed by atoms with E-state index in [4.69, 9.17) is 9.47 Å². The van der Waals surface area contributed by atoms with Crippen LogP contribution in [0.15, 0.2) is 12.3 Å². The summed E-state index contributed by atoms with van der Waals surface area (Å²) in [6, 6.07) is 1.73. The van der Waals surface area contributed by atoms with Crippen molar-refractivity contribution < 1.29 is 19.4 Å². The Balaban J connectivity index is 2.05. The molecule has 21 heavy (non-hydrogen) atoms. The fourth-order valence-electron chi connectivity index (χ4n) is 3.19. The lowest BCUT2D eigenvalue weighted by Crippen LogP contribution is -2.34. The molecule has 0 aromatic carbocycles. The summed E-state index contributed by atoms with van der Waals surface area (Å²) in [5.41, 5.74) is 0.715. The first-order chi connectivity index (χ1) is 9.97. The maximum Gasteiger partial charge on any atom is 0.343 e. The second kappa shape index (κ2) is 4.96. The second-order valence-electron chi connectivity index (χ2n) is 6.04. The Morgan fingerprint density at radius 1 is 1.57 bits per heavy atom. The number of rotatable bonds is 3. The van der Waals surface area contributed by atoms with Crippen LogP contribution in [-0.2, 0) is 15.1 Å². The molecule has 2 aliphatic heterocycles. The molecule has 1 aromatic rings. The highest BCUT2D eigenvalue weighted by Crippen LogP contribution is 2.40. The lowest BCUT2D eigenvalue weighted by atomic mass is 9.97. The van der Waals surface area contributed by atoms with Crippen LogP contribution in [0.5, 0.6) is 0 Å². The second-order valence-corrected chi connectivity index (χ2v) is 6.04. The number of aliphatic hydroxyl groups is 1. The summed E-state index contributed by atoms with van der Waals surface area (Å²) in [5.74, 6) is 0.234. The number of aromatic nitrogens is 1. The number of esters is 1. The van der Waals surface area contributed by atoms with Crippen LogP contribution in [-0.4, -0.2) is 48.5 Å². The summed E-state index contributed by atoms with van der Waals surface area (Å²) in [4.78, 5) is 18.5. The van der Waals surface area contributed by atoms with Gasteiger partial charge in [-0.25, -0.2) is 9.78 Å². The molecule has 6 heteroatoms. The lowest BCUT2D eigenvalue weighted by molar-refractivity contribution is 0.00956. The fourth-order valence-corrected chi connectivity index (χ4v) is 3.19. The Morgan fingerprint density at radius 3 is 3.00 bits per heavy atom. The van der Waals surface area contributed by atoms with Crippen molar-refractivity contribution in [3.63, 3.8) is 0 Å². The summed E-state index contributed by atoms with van der Waals surface area (Å²) in [6.07, 6.45) is 2.44. The van der Waals surface area contributed by atoms with Gasteiger partial charge in [-0.1, -0.05) is 0 Å². The van der Waals surface area contributed by atoms with Gasteiger partial charge in [0, 0.05) is 25.4 Å². The van der Waals surface area contributed by atoms with Gasteiger partial charge in [0.15, 0.2) is 0 Å². The number of nitrogens with zero attached hydrogens (tertiary/aromatic N) is 2. The molecule has 6 nitrogen and oxygen atoms in total. The van der Waals surface area contributed by atoms with E-state index >= 15 is 0 Å². The highest BCUT2D eigenvalue weighted by atomic mass is 16.6. The molecule has 0 spiro atoms. The maximum absolute atomic E-state index is 12.2. The van der Waals surface area contributed by atoms with E-state index in [2.05, 4.69) is 4.98 Å². The molecule has 0 bridgehead atoms. The van der Waals surface area contributed by atoms with Crippen molar-refractivity contribution in [2.24, 2.45) is 0 Å². The van der Waals surface area contributed by atoms with Gasteiger partial charge >= 0.3 is 5.97 Å². The van der Waals surface area contributed by atoms with Crippen molar-refractivity contribution in [1.82, 2.24) is 4.98 Å². The molecule has 0 aliphatic carbocycles. The monoisotopic (exact) mass is 292 g/mol. The number of aliphatic hydroxyl groups excluding tert-OH is 1. The summed E-state index contributed by atoms with van der Waals surface area (Å²) in [6.45, 7) is 4.35. The molecular weight excluding hydrogens is 272 g/mol. The van der Waals surface area contributed by atoms with Crippen LogP contribution in [0.2, 0.25) is 0 Å². The highest BCUT2D eigenvalue weighted by molar-refractivity contribution is 5.99. The van der Waals surface area contributed by atoms with Gasteiger partial charge in [-0.2, -0.15) is 0 Å². The van der Waals surface area contributed by atoms with Gasteiger partial charge in [-0.3, -0.25) is 0 Å². The molecule has 1 aromatic heterocycles. The van der Waals surface area contributed by atoms with Crippen LogP contribution in [0.25, 0.3) is 0 Å². The molecule has 3 heterocycles. The van der Waals surface area contributed by atoms with E-state index < -0.39 is 5.60 Å². The first-order valence-electron chi connectivity index (χ1n) is 7.11. The zero-order chi connectivity index (χ0) is 15.2. The predicted molar refractivity (Wildman–Crippen MR) is 76.3 cm³/mol. The van der Waals surface area contributed by atoms with E-state index in [0.717, 1.165) is 12.0 Å². The predicted octanol–water partition coefficient (Wildman–Crippen LogP) is 1.07. The third-order valence-electron chi connectivity index (χ3n) is 4.32. The molecule has 0 unspecified atom stereocenters. The van der Waals surface area contributed by atoms with Crippen LogP contribution >= 0.6 is 0 Å². The van der Waals surface area contributed by atoms with Crippen LogP contribution in [0.3, 0.4) is 0 Å². The molecule has 0 radical (unpaired) electrons. The zero-order valence-corrected chi connectivity index (χ0v) is 12.5. The first kappa shape index (κ1) is 14.3. The minimum atomic E-state index is -0.640. The van der Waals surface area contributed by atoms with Gasteiger partial charge in [-0.05, 0) is 26.3 Å². The SMILES string of the molecule is CO[C@@H]1C[C@@H](CO)N(c2nccc3c2C(=O)OC3(C)C)C1. The van der Waals surface area contributed by atoms with Gasteiger partial charge in [0.2, 0.25) is 0 Å². The first-order valence-corrected chi connectivity index (χ1v) is 7.11. The Hall–Kier alpha value is -1.66. The summed E-state index contributed by atoms with van der Waals surface area (Å²) in [5, 5.41) is 9.59. The molecule has 0 saturated carbocycles. The number of cyclic esters (lactones) is 1. The molecule has 1 saturated heterocycles. The highest BCUT2D eigenvalue weighted by Gasteiger charge is 2.43. The fraction of sp³-hybridized carbons (Fsp3) is 0.600. The van der Waals surface area contributed by atoms with Gasteiger partial charge in [0.05, 0.1) is 18.8 Å². The number of fused-ring (bicyclic) bond motifs is 1. The standard InChI is InChI=1S/C15H20N2O4/c1-15(2)11-4-5-16-13(12(11)14(19)21-15)17-7-10(20-3)6-9(17)8-18/h4-5,9-10,18H,6-8H2,1-3H3/t9-,10+/m0/s1. The Labute approximate surface area is 123 Å². The molecule has 1 fully saturated rings. The Morgan fingerprint density at radius 2 is 2.33 bits per heavy atom. The van der Waals surface area contributed by atoms with Crippen LogP contribution in [0.1, 0.15) is 36.2 Å². The average molecular weight is 292 g/mol. The third-order valence-corrected chi connectivity index (χ3v) is 4.32. The van der Waals surface area contributed by atoms with E-state index in [1.165, 1.54) is 0 Å². The molecule has 1 N–H and O–H groups in total. The number of carbonyl (C=O) groups is 1. The van der Waals surface area contributed by atoms with Crippen LogP contribution in [0.4, 0.5) is 5.82 Å². The normalized spacial score (nSPS) is 26.9. The smallest absolute Gasteiger partial charge is 0.343 e. The number of methoxy groups -OCH3 is 1. The van der Waals surface area contributed by atoms with E-state index in [-0.39, 0.29) is 24.7 Å². The Kier molecular flexibility index (Phi) is 3.37. The van der Waals surface area contributed by atoms with E-state index in [9.17, 15) is 9.90 Å². The quantitative estimate of drug-likeness (QED) is 0.840. The van der Waals surface area contributed by atoms with Crippen LogP contribution < -0.4 is 4.90 Å². The summed E-state index contributed by atoms with van der Waals surface area (Å²) in [7, 11) is 1.66. The minimum Gasteiger partial charge on any atom is -0.451 e. The Bertz CT molecular complexity index is 573. The summed E-state index contributed by atoms with van der Waals surface area (Å²) < 4.78 is 10.8. The lowest BCUT2D eigenvalue weighted by Gasteiger charge is -2.25. The molecule has 2 aliphatic rings. The van der Waals surface area contributed by atoms with Crippen molar-refractivity contribution >= 4 is 11.8 Å². The summed E-state index contributed by atoms with van der Waals surface area (Å²) >= 11 is 0. The van der Waals surface area contributed by atoms with Crippen molar-refractivity contribution in [2.75, 3.05) is 25.2 Å². The maximum atomic E-state index is 12.2. The molecule has 114 valence electrons. The minimum absolute atomic E-state index is 0.00362. The number of hydrogen-bond donors (Lipinski definition) is 1. The molecule has 2 atom stereocenters. The van der Waals surface area contributed by atoms with E-state index in [1.807, 2.05) is 24.8 Å². The largest absolute Gasteiger partial charge is 0.451 e. The van der Waals surface area contributed by atoms with Crippen molar-refractivity contribution in [3.8, 4) is 0 Å². The van der Waals surface area contributed by atoms with Crippen molar-refractivity contribution in [1.29, 1.82) is 0 Å². The van der Waals surface area contributed by atoms with E-state index in [1.54, 1.807) is 13.3 Å². The van der Waals surface area contributed by atoms with Crippen molar-refractivity contribution in [3.05, 3.63) is 23.4 Å². The van der Waals surface area contributed by atoms with Crippen LogP contribution in [0, 0.1) is 0 Å². The number of pyridine rings is 1. The topological polar surface area (TPSA) is 71.9 Å². The molecule has 3 rings (SSSR count). The number of carbonyl (C=O) groups excluding carboxylic acids is 1. The van der Waals surface area contributed by atoms with Gasteiger partial charge in [-0.15, -0.1) is 0 Å². The van der Waals surface area contributed by atoms with Crippen molar-refractivity contribution in [2.45, 2.75) is 38.0 Å². The molecular formula is C15H20N2O4. The third kappa shape index (κ3) is 2.18. The number of anilines is 1. The molecule has 0 amide bonds. The van der Waals surface area contributed by atoms with E-state index in [0.29, 0.717) is 17.9 Å². The zero-order valence-electron chi connectivity index (χ0n) is 12.5. The van der Waals surface area contributed by atoms with Gasteiger partial charge in [0.1, 0.15) is 17.0 Å². The number of hydrogen-bond acceptors (Lipinski definition) is 6. The van der Waals surface area contributed by atoms with Gasteiger partial charge in [0.25, 0.3) is 0 Å². The van der Waals surface area contributed by atoms with Gasteiger partial charge < -0.3 is 19.5 Å².